The molecule has 0 fully saturated rings. The first-order chi connectivity index (χ1) is 3.98. The maximum atomic E-state index is 10.3. The average Bonchev–Trinajstić information content (AvgIpc) is 1.64. The van der Waals surface area contributed by atoms with Crippen molar-refractivity contribution in [2.24, 2.45) is 0 Å². The van der Waals surface area contributed by atoms with Crippen molar-refractivity contribution in [3.8, 4) is 0 Å². The van der Waals surface area contributed by atoms with Crippen LogP contribution in [0.2, 0.25) is 0 Å². The van der Waals surface area contributed by atoms with Crippen LogP contribution >= 0.6 is 20.2 Å². The third kappa shape index (κ3) is 3.98. The van der Waals surface area contributed by atoms with E-state index in [9.17, 15) is 4.57 Å². The van der Waals surface area contributed by atoms with Gasteiger partial charge in [-0.2, -0.15) is 12.6 Å². The summed E-state index contributed by atoms with van der Waals surface area (Å²) in [4.78, 5) is 16.1. The normalized spacial score (nSPS) is 15.6. The Balaban J connectivity index is 3.74. The molecule has 5 heteroatoms. The van der Waals surface area contributed by atoms with Crippen molar-refractivity contribution >= 4 is 20.2 Å². The van der Waals surface area contributed by atoms with Crippen molar-refractivity contribution in [2.45, 2.75) is 24.8 Å². The molecule has 0 aliphatic carbocycles. The fourth-order valence-corrected chi connectivity index (χ4v) is 1.28. The molecule has 0 saturated carbocycles. The van der Waals surface area contributed by atoms with Crippen molar-refractivity contribution in [3.63, 3.8) is 0 Å². The minimum Gasteiger partial charge on any atom is -0.324 e. The van der Waals surface area contributed by atoms with Gasteiger partial charge in [0.25, 0.3) is 0 Å². The zero-order valence-corrected chi connectivity index (χ0v) is 6.98. The van der Waals surface area contributed by atoms with Crippen LogP contribution in [0.5, 0.6) is 0 Å². The molecule has 0 aromatic rings. The predicted molar refractivity (Wildman–Crippen MR) is 39.7 cm³/mol. The van der Waals surface area contributed by atoms with E-state index in [2.05, 4.69) is 12.6 Å². The Labute approximate surface area is 60.0 Å². The van der Waals surface area contributed by atoms with E-state index >= 15 is 0 Å². The highest BCUT2D eigenvalue weighted by molar-refractivity contribution is 7.89. The lowest BCUT2D eigenvalue weighted by molar-refractivity contribution is 0.368. The maximum Gasteiger partial charge on any atom is 0.338 e. The molecule has 0 aromatic heterocycles. The second-order valence-electron chi connectivity index (χ2n) is 1.86. The lowest BCUT2D eigenvalue weighted by atomic mass is 10.4. The van der Waals surface area contributed by atoms with E-state index < -0.39 is 12.6 Å². The van der Waals surface area contributed by atoms with E-state index in [1.54, 1.807) is 0 Å². The van der Waals surface area contributed by atoms with E-state index in [0.717, 1.165) is 6.42 Å². The molecule has 2 N–H and O–H groups in total. The van der Waals surface area contributed by atoms with Crippen LogP contribution < -0.4 is 0 Å². The first kappa shape index (κ1) is 9.50. The molecule has 56 valence electrons. The molecule has 3 nitrogen and oxygen atoms in total. The van der Waals surface area contributed by atoms with Gasteiger partial charge in [0.05, 0.1) is 0 Å². The molecule has 9 heavy (non-hydrogen) atoms. The highest BCUT2D eigenvalue weighted by Gasteiger charge is 2.23. The van der Waals surface area contributed by atoms with Crippen LogP contribution in [0.4, 0.5) is 0 Å². The molecule has 0 aromatic carbocycles. The van der Waals surface area contributed by atoms with Crippen molar-refractivity contribution in [1.29, 1.82) is 0 Å². The van der Waals surface area contributed by atoms with Gasteiger partial charge in [0.15, 0.2) is 0 Å². The van der Waals surface area contributed by atoms with Crippen LogP contribution in [-0.2, 0) is 4.57 Å². The third-order valence-electron chi connectivity index (χ3n) is 0.935. The number of hydrogen-bond donors (Lipinski definition) is 3. The van der Waals surface area contributed by atoms with Gasteiger partial charge in [-0.05, 0) is 6.42 Å². The van der Waals surface area contributed by atoms with Gasteiger partial charge in [-0.1, -0.05) is 13.3 Å². The first-order valence-corrected chi connectivity index (χ1v) is 4.91. The van der Waals surface area contributed by atoms with Gasteiger partial charge >= 0.3 is 7.60 Å². The predicted octanol–water partition coefficient (Wildman–Crippen LogP) is 1.22. The van der Waals surface area contributed by atoms with Crippen molar-refractivity contribution in [3.05, 3.63) is 0 Å². The van der Waals surface area contributed by atoms with Gasteiger partial charge in [0.2, 0.25) is 0 Å². The summed E-state index contributed by atoms with van der Waals surface area (Å²) < 4.78 is 10.3. The SMILES string of the molecule is CCCC(S)P(=O)(O)O. The average molecular weight is 170 g/mol. The van der Waals surface area contributed by atoms with Gasteiger partial charge in [-0.25, -0.2) is 0 Å². The Bertz CT molecular complexity index is 121. The third-order valence-corrected chi connectivity index (χ3v) is 3.13. The largest absolute Gasteiger partial charge is 0.338 e. The smallest absolute Gasteiger partial charge is 0.324 e. The number of thiol groups is 1. The molecule has 0 radical (unpaired) electrons. The second-order valence-corrected chi connectivity index (χ2v) is 4.69. The molecule has 1 unspecified atom stereocenters. The topological polar surface area (TPSA) is 57.5 Å². The zero-order valence-electron chi connectivity index (χ0n) is 5.19. The molecule has 0 saturated heterocycles. The van der Waals surface area contributed by atoms with Gasteiger partial charge in [0, 0.05) is 0 Å². The van der Waals surface area contributed by atoms with Gasteiger partial charge in [-0.3, -0.25) is 4.57 Å². The maximum absolute atomic E-state index is 10.3. The Kier molecular flexibility index (Phi) is 3.82. The van der Waals surface area contributed by atoms with Crippen LogP contribution in [0.3, 0.4) is 0 Å². The molecule has 0 bridgehead atoms. The first-order valence-electron chi connectivity index (χ1n) is 2.71. The van der Waals surface area contributed by atoms with Crippen LogP contribution in [0.1, 0.15) is 19.8 Å². The summed E-state index contributed by atoms with van der Waals surface area (Å²) in [6.45, 7) is 1.86. The zero-order chi connectivity index (χ0) is 7.49. The van der Waals surface area contributed by atoms with Crippen LogP contribution in [0.25, 0.3) is 0 Å². The minimum absolute atomic E-state index is 0.466. The Hall–Kier alpha value is 0.500. The fourth-order valence-electron chi connectivity index (χ4n) is 0.426. The van der Waals surface area contributed by atoms with E-state index in [0.29, 0.717) is 6.42 Å². The summed E-state index contributed by atoms with van der Waals surface area (Å²) in [5.74, 6) is 0. The molecule has 0 aliphatic rings. The minimum atomic E-state index is -3.91. The van der Waals surface area contributed by atoms with E-state index in [-0.39, 0.29) is 0 Å². The summed E-state index contributed by atoms with van der Waals surface area (Å²) in [6.07, 6.45) is 1.21. The van der Waals surface area contributed by atoms with Crippen molar-refractivity contribution in [2.75, 3.05) is 0 Å². The molecule has 0 heterocycles. The summed E-state index contributed by atoms with van der Waals surface area (Å²) >= 11 is 3.73. The summed E-state index contributed by atoms with van der Waals surface area (Å²) in [5, 5.41) is 0. The van der Waals surface area contributed by atoms with Crippen LogP contribution in [0.15, 0.2) is 0 Å². The standard InChI is InChI=1S/C4H11O3PS/c1-2-3-4(9)8(5,6)7/h4,9H,2-3H2,1H3,(H2,5,6,7). The Morgan fingerprint density at radius 3 is 2.22 bits per heavy atom. The second kappa shape index (κ2) is 3.62. The summed E-state index contributed by atoms with van der Waals surface area (Å²) in [5.41, 5.74) is 0. The highest BCUT2D eigenvalue weighted by atomic mass is 32.1. The van der Waals surface area contributed by atoms with Crippen LogP contribution in [-0.4, -0.2) is 14.8 Å². The lowest BCUT2D eigenvalue weighted by Crippen LogP contribution is -1.97. The van der Waals surface area contributed by atoms with Crippen LogP contribution in [0, 0.1) is 0 Å². The van der Waals surface area contributed by atoms with E-state index in [1.807, 2.05) is 6.92 Å². The van der Waals surface area contributed by atoms with Gasteiger partial charge in [0.1, 0.15) is 4.99 Å². The highest BCUT2D eigenvalue weighted by Crippen LogP contribution is 2.45. The Morgan fingerprint density at radius 1 is 1.67 bits per heavy atom. The van der Waals surface area contributed by atoms with Crippen molar-refractivity contribution < 1.29 is 14.4 Å². The van der Waals surface area contributed by atoms with E-state index in [4.69, 9.17) is 9.79 Å². The molecule has 0 aliphatic heterocycles. The molecule has 1 atom stereocenters. The molecular formula is C4H11O3PS. The van der Waals surface area contributed by atoms with Gasteiger partial charge < -0.3 is 9.79 Å². The van der Waals surface area contributed by atoms with Crippen molar-refractivity contribution in [1.82, 2.24) is 0 Å². The summed E-state index contributed by atoms with van der Waals surface area (Å²) in [6, 6.07) is 0. The monoisotopic (exact) mass is 170 g/mol. The Morgan fingerprint density at radius 2 is 2.11 bits per heavy atom. The fraction of sp³-hybridized carbons (Fsp3) is 1.00. The van der Waals surface area contributed by atoms with E-state index in [1.165, 1.54) is 0 Å². The molecule has 0 amide bonds. The lowest BCUT2D eigenvalue weighted by Gasteiger charge is -2.09. The quantitative estimate of drug-likeness (QED) is 0.441. The molecule has 0 spiro atoms. The number of rotatable bonds is 3. The summed E-state index contributed by atoms with van der Waals surface area (Å²) in [7, 11) is -3.91. The van der Waals surface area contributed by atoms with Gasteiger partial charge in [-0.15, -0.1) is 0 Å². The molecule has 0 rings (SSSR count). The number of hydrogen-bond acceptors (Lipinski definition) is 2. The molecular weight excluding hydrogens is 159 g/mol.